The highest BCUT2D eigenvalue weighted by Crippen LogP contribution is 2.47. The van der Waals surface area contributed by atoms with Crippen LogP contribution in [0.1, 0.15) is 119 Å². The molecule has 0 heterocycles. The molecular formula is C35H66O5Si2. The van der Waals surface area contributed by atoms with Gasteiger partial charge in [0, 0.05) is 18.8 Å². The molecule has 244 valence electrons. The van der Waals surface area contributed by atoms with E-state index in [2.05, 4.69) is 92.9 Å². The molecule has 7 heteroatoms. The minimum absolute atomic E-state index is 0.0447. The van der Waals surface area contributed by atoms with Crippen LogP contribution in [-0.4, -0.2) is 47.7 Å². The predicted octanol–water partition coefficient (Wildman–Crippen LogP) is 10.2. The minimum atomic E-state index is -2.04. The quantitative estimate of drug-likeness (QED) is 0.0500. The molecular weight excluding hydrogens is 557 g/mol. The first kappa shape index (κ1) is 39.0. The Bertz CT molecular complexity index is 879. The van der Waals surface area contributed by atoms with E-state index >= 15 is 0 Å². The standard InChI is InChI=1S/C35H66O5Si2/c1-13-14-15-16-17-20-23-29-30(26-25-28(36)22-19-18-21-24-33(37)38-8)32(40-42(11,12)35(5,6)7)27-31(29)39-41(9,10)34(2,3)4/h17,20,25-26,29-32H,13-16,18-19,21-24,27H2,1-12H3/b20-17-,26-25+/t29-,30+,31-,32+/m0/s1. The van der Waals surface area contributed by atoms with Gasteiger partial charge < -0.3 is 13.6 Å². The molecule has 0 aliphatic heterocycles. The number of ketones is 1. The molecule has 0 spiro atoms. The lowest BCUT2D eigenvalue weighted by Crippen LogP contribution is -2.45. The molecule has 0 unspecified atom stereocenters. The molecule has 1 aliphatic carbocycles. The molecule has 4 atom stereocenters. The van der Waals surface area contributed by atoms with Crippen LogP contribution in [0.2, 0.25) is 36.3 Å². The van der Waals surface area contributed by atoms with Crippen LogP contribution < -0.4 is 0 Å². The smallest absolute Gasteiger partial charge is 0.305 e. The number of carbonyl (C=O) groups is 2. The maximum absolute atomic E-state index is 13.0. The van der Waals surface area contributed by atoms with Gasteiger partial charge in [-0.3, -0.25) is 9.59 Å². The van der Waals surface area contributed by atoms with Gasteiger partial charge in [0.1, 0.15) is 0 Å². The number of unbranched alkanes of at least 4 members (excludes halogenated alkanes) is 5. The summed E-state index contributed by atoms with van der Waals surface area (Å²) in [5.41, 5.74) is 0. The van der Waals surface area contributed by atoms with Crippen molar-refractivity contribution < 1.29 is 23.2 Å². The summed E-state index contributed by atoms with van der Waals surface area (Å²) in [4.78, 5) is 24.3. The zero-order valence-corrected chi connectivity index (χ0v) is 31.4. The Morgan fingerprint density at radius 1 is 0.786 bits per heavy atom. The first-order chi connectivity index (χ1) is 19.4. The van der Waals surface area contributed by atoms with Gasteiger partial charge in [0.25, 0.3) is 0 Å². The van der Waals surface area contributed by atoms with Gasteiger partial charge in [-0.15, -0.1) is 0 Å². The van der Waals surface area contributed by atoms with E-state index < -0.39 is 16.6 Å². The highest BCUT2D eigenvalue weighted by molar-refractivity contribution is 6.74. The fourth-order valence-electron chi connectivity index (χ4n) is 5.07. The third-order valence-electron chi connectivity index (χ3n) is 9.96. The summed E-state index contributed by atoms with van der Waals surface area (Å²) < 4.78 is 19.0. The Kier molecular flexibility index (Phi) is 16.2. The largest absolute Gasteiger partial charge is 0.469 e. The zero-order valence-electron chi connectivity index (χ0n) is 29.4. The summed E-state index contributed by atoms with van der Waals surface area (Å²) in [7, 11) is -2.63. The Morgan fingerprint density at radius 3 is 1.90 bits per heavy atom. The van der Waals surface area contributed by atoms with E-state index in [9.17, 15) is 9.59 Å². The van der Waals surface area contributed by atoms with Crippen molar-refractivity contribution >= 4 is 28.4 Å². The van der Waals surface area contributed by atoms with Crippen molar-refractivity contribution in [3.8, 4) is 0 Å². The molecule has 0 saturated heterocycles. The lowest BCUT2D eigenvalue weighted by molar-refractivity contribution is -0.140. The van der Waals surface area contributed by atoms with Crippen LogP contribution in [-0.2, 0) is 23.2 Å². The molecule has 1 rings (SSSR count). The average Bonchev–Trinajstić information content (AvgIpc) is 3.17. The van der Waals surface area contributed by atoms with Crippen molar-refractivity contribution in [2.24, 2.45) is 11.8 Å². The summed E-state index contributed by atoms with van der Waals surface area (Å²) in [6.45, 7) is 25.4. The number of carbonyl (C=O) groups excluding carboxylic acids is 2. The van der Waals surface area contributed by atoms with Crippen molar-refractivity contribution in [1.82, 2.24) is 0 Å². The SMILES string of the molecule is CCCCC/C=C\C[C@H]1[C@@H](/C=C/C(=O)CCCCCC(=O)OC)[C@H](O[Si](C)(C)C(C)(C)C)C[C@@H]1O[Si](C)(C)C(C)(C)C. The number of allylic oxidation sites excluding steroid dienone is 3. The second kappa shape index (κ2) is 17.5. The second-order valence-corrected chi connectivity index (χ2v) is 25.0. The third kappa shape index (κ3) is 12.9. The van der Waals surface area contributed by atoms with Gasteiger partial charge in [0.15, 0.2) is 22.4 Å². The molecule has 0 bridgehead atoms. The molecule has 0 aromatic carbocycles. The van der Waals surface area contributed by atoms with E-state index in [1.807, 2.05) is 6.08 Å². The van der Waals surface area contributed by atoms with Crippen LogP contribution in [0.15, 0.2) is 24.3 Å². The first-order valence-electron chi connectivity index (χ1n) is 16.6. The van der Waals surface area contributed by atoms with Gasteiger partial charge in [-0.25, -0.2) is 0 Å². The van der Waals surface area contributed by atoms with E-state index in [4.69, 9.17) is 13.6 Å². The molecule has 0 radical (unpaired) electrons. The van der Waals surface area contributed by atoms with Crippen LogP contribution in [0.3, 0.4) is 0 Å². The monoisotopic (exact) mass is 622 g/mol. The molecule has 0 amide bonds. The van der Waals surface area contributed by atoms with E-state index in [0.717, 1.165) is 38.5 Å². The Hall–Kier alpha value is -1.03. The lowest BCUT2D eigenvalue weighted by Gasteiger charge is -2.40. The van der Waals surface area contributed by atoms with Crippen molar-refractivity contribution in [2.45, 2.75) is 168 Å². The molecule has 1 aliphatic rings. The second-order valence-electron chi connectivity index (χ2n) is 15.5. The molecule has 1 saturated carbocycles. The van der Waals surface area contributed by atoms with Crippen LogP contribution in [0, 0.1) is 11.8 Å². The van der Waals surface area contributed by atoms with Crippen molar-refractivity contribution in [2.75, 3.05) is 7.11 Å². The molecule has 0 aromatic heterocycles. The van der Waals surface area contributed by atoms with E-state index in [0.29, 0.717) is 12.8 Å². The Labute approximate surface area is 261 Å². The summed E-state index contributed by atoms with van der Waals surface area (Å²) in [5.74, 6) is 0.384. The number of methoxy groups -OCH3 is 1. The fraction of sp³-hybridized carbons (Fsp3) is 0.829. The lowest BCUT2D eigenvalue weighted by atomic mass is 9.89. The summed E-state index contributed by atoms with van der Waals surface area (Å²) >= 11 is 0. The van der Waals surface area contributed by atoms with Crippen molar-refractivity contribution in [3.63, 3.8) is 0 Å². The van der Waals surface area contributed by atoms with Crippen LogP contribution in [0.25, 0.3) is 0 Å². The molecule has 5 nitrogen and oxygen atoms in total. The fourth-order valence-corrected chi connectivity index (χ4v) is 7.81. The zero-order chi connectivity index (χ0) is 32.2. The average molecular weight is 623 g/mol. The maximum Gasteiger partial charge on any atom is 0.305 e. The van der Waals surface area contributed by atoms with Gasteiger partial charge in [-0.2, -0.15) is 0 Å². The predicted molar refractivity (Wildman–Crippen MR) is 183 cm³/mol. The first-order valence-corrected chi connectivity index (χ1v) is 22.5. The van der Waals surface area contributed by atoms with Gasteiger partial charge in [0.2, 0.25) is 0 Å². The molecule has 0 N–H and O–H groups in total. The van der Waals surface area contributed by atoms with Gasteiger partial charge in [-0.1, -0.05) is 86.0 Å². The summed E-state index contributed by atoms with van der Waals surface area (Å²) in [6.07, 6.45) is 18.8. The van der Waals surface area contributed by atoms with E-state index in [1.54, 1.807) is 0 Å². The van der Waals surface area contributed by atoms with Crippen LogP contribution in [0.4, 0.5) is 0 Å². The normalized spacial score (nSPS) is 22.4. The van der Waals surface area contributed by atoms with E-state index in [1.165, 1.54) is 26.4 Å². The maximum atomic E-state index is 13.0. The van der Waals surface area contributed by atoms with Crippen LogP contribution in [0.5, 0.6) is 0 Å². The molecule has 1 fully saturated rings. The van der Waals surface area contributed by atoms with Gasteiger partial charge >= 0.3 is 5.97 Å². The Morgan fingerprint density at radius 2 is 1.36 bits per heavy atom. The summed E-state index contributed by atoms with van der Waals surface area (Å²) in [6, 6.07) is 0. The number of esters is 1. The third-order valence-corrected chi connectivity index (χ3v) is 19.0. The number of hydrogen-bond donors (Lipinski definition) is 0. The highest BCUT2D eigenvalue weighted by Gasteiger charge is 2.50. The molecule has 42 heavy (non-hydrogen) atoms. The minimum Gasteiger partial charge on any atom is -0.469 e. The number of rotatable bonds is 18. The van der Waals surface area contributed by atoms with Crippen molar-refractivity contribution in [1.29, 1.82) is 0 Å². The topological polar surface area (TPSA) is 61.8 Å². The summed E-state index contributed by atoms with van der Waals surface area (Å²) in [5, 5.41) is 0.232. The number of hydrogen-bond acceptors (Lipinski definition) is 5. The van der Waals surface area contributed by atoms with E-state index in [-0.39, 0.29) is 45.9 Å². The Balaban J connectivity index is 3.23. The van der Waals surface area contributed by atoms with Gasteiger partial charge in [-0.05, 0) is 86.8 Å². The number of ether oxygens (including phenoxy) is 1. The van der Waals surface area contributed by atoms with Crippen molar-refractivity contribution in [3.05, 3.63) is 24.3 Å². The van der Waals surface area contributed by atoms with Crippen LogP contribution >= 0.6 is 0 Å². The van der Waals surface area contributed by atoms with Gasteiger partial charge in [0.05, 0.1) is 19.3 Å². The highest BCUT2D eigenvalue weighted by atomic mass is 28.4. The molecule has 0 aromatic rings.